The maximum atomic E-state index is 6.80. The summed E-state index contributed by atoms with van der Waals surface area (Å²) in [6, 6.07) is 92.2. The smallest absolute Gasteiger partial charge is 0.0464 e. The van der Waals surface area contributed by atoms with E-state index in [-0.39, 0.29) is 11.1 Å². The van der Waals surface area contributed by atoms with Crippen LogP contribution in [0.25, 0.3) is 66.8 Å². The van der Waals surface area contributed by atoms with Gasteiger partial charge in [-0.25, -0.2) is 0 Å². The van der Waals surface area contributed by atoms with E-state index in [1.165, 1.54) is 144 Å². The minimum Gasteiger partial charge on any atom is -0.322 e. The molecule has 2 unspecified atom stereocenters. The van der Waals surface area contributed by atoms with Crippen LogP contribution in [0, 0.1) is 25.7 Å². The van der Waals surface area contributed by atoms with Gasteiger partial charge in [0.15, 0.2) is 0 Å². The molecule has 4 nitrogen and oxygen atoms in total. The van der Waals surface area contributed by atoms with Crippen molar-refractivity contribution in [3.8, 4) is 66.8 Å². The van der Waals surface area contributed by atoms with E-state index in [9.17, 15) is 0 Å². The normalized spacial score (nSPS) is 12.8. The summed E-state index contributed by atoms with van der Waals surface area (Å²) < 4.78 is 0. The molecule has 0 aromatic heterocycles. The second-order valence-corrected chi connectivity index (χ2v) is 30.3. The maximum Gasteiger partial charge on any atom is 0.0464 e. The minimum absolute atomic E-state index is 0.351. The van der Waals surface area contributed by atoms with Crippen molar-refractivity contribution in [3.63, 3.8) is 0 Å². The number of nitrogens with two attached hydrogens (primary N) is 2. The summed E-state index contributed by atoms with van der Waals surface area (Å²) in [5.74, 6) is 1.24. The highest BCUT2D eigenvalue weighted by Crippen LogP contribution is 2.45. The van der Waals surface area contributed by atoms with Crippen LogP contribution in [0.3, 0.4) is 0 Å². The highest BCUT2D eigenvalue weighted by atomic mass is 15.1. The molecule has 101 heavy (non-hydrogen) atoms. The number of hydrogen-bond donors (Lipinski definition) is 2. The number of rotatable bonds is 31. The third-order valence-corrected chi connectivity index (χ3v) is 21.1. The summed E-state index contributed by atoms with van der Waals surface area (Å²) in [5, 5.41) is 0. The first-order valence-electron chi connectivity index (χ1n) is 38.2. The monoisotopic (exact) mass is 1330 g/mol. The molecule has 0 aliphatic carbocycles. The second-order valence-electron chi connectivity index (χ2n) is 30.3. The van der Waals surface area contributed by atoms with Crippen molar-refractivity contribution in [1.29, 1.82) is 0 Å². The van der Waals surface area contributed by atoms with Gasteiger partial charge in [-0.1, -0.05) is 270 Å². The average Bonchev–Trinajstić information content (AvgIpc) is 0.768. The van der Waals surface area contributed by atoms with Crippen LogP contribution in [-0.4, -0.2) is 0 Å². The van der Waals surface area contributed by atoms with Gasteiger partial charge in [0.1, 0.15) is 0 Å². The zero-order valence-electron chi connectivity index (χ0n) is 62.9. The van der Waals surface area contributed by atoms with E-state index in [0.717, 1.165) is 97.5 Å². The molecule has 0 heterocycles. The van der Waals surface area contributed by atoms with E-state index >= 15 is 0 Å². The van der Waals surface area contributed by atoms with Crippen LogP contribution in [0.4, 0.5) is 34.1 Å². The van der Waals surface area contributed by atoms with Crippen LogP contribution < -0.4 is 21.3 Å². The molecule has 0 aliphatic heterocycles. The Bertz CT molecular complexity index is 4430. The van der Waals surface area contributed by atoms with Gasteiger partial charge < -0.3 is 21.3 Å². The summed E-state index contributed by atoms with van der Waals surface area (Å²) >= 11 is 0. The summed E-state index contributed by atoms with van der Waals surface area (Å²) in [7, 11) is 0. The fourth-order valence-electron chi connectivity index (χ4n) is 14.9. The molecule has 0 saturated heterocycles. The quantitative estimate of drug-likeness (QED) is 0.0425. The Balaban J connectivity index is 0.972. The molecule has 11 aromatic carbocycles. The van der Waals surface area contributed by atoms with Gasteiger partial charge in [-0.2, -0.15) is 0 Å². The van der Waals surface area contributed by atoms with Crippen LogP contribution >= 0.6 is 0 Å². The second kappa shape index (κ2) is 33.6. The first kappa shape index (κ1) is 73.2. The lowest BCUT2D eigenvalue weighted by atomic mass is 9.84. The predicted molar refractivity (Wildman–Crippen MR) is 439 cm³/mol. The van der Waals surface area contributed by atoms with E-state index in [1.54, 1.807) is 0 Å². The van der Waals surface area contributed by atoms with Crippen LogP contribution in [0.1, 0.15) is 184 Å². The molecule has 11 rings (SSSR count). The topological polar surface area (TPSA) is 58.5 Å². The number of unbranched alkanes of at least 4 members (excludes halogenated alkanes) is 6. The van der Waals surface area contributed by atoms with Crippen molar-refractivity contribution < 1.29 is 0 Å². The lowest BCUT2D eigenvalue weighted by molar-refractivity contribution is 0.447. The van der Waals surface area contributed by atoms with Gasteiger partial charge in [0.2, 0.25) is 0 Å². The van der Waals surface area contributed by atoms with E-state index in [0.29, 0.717) is 11.8 Å². The van der Waals surface area contributed by atoms with E-state index in [4.69, 9.17) is 11.5 Å². The van der Waals surface area contributed by atoms with Gasteiger partial charge in [0.05, 0.1) is 0 Å². The van der Waals surface area contributed by atoms with Gasteiger partial charge >= 0.3 is 0 Å². The molecule has 0 aliphatic rings. The summed E-state index contributed by atoms with van der Waals surface area (Å²) in [6.45, 7) is 27.1. The van der Waals surface area contributed by atoms with Crippen molar-refractivity contribution >= 4 is 34.1 Å². The molecule has 0 saturated carbocycles. The van der Waals surface area contributed by atoms with Crippen LogP contribution in [-0.2, 0) is 36.8 Å². The Morgan fingerprint density at radius 2 is 0.594 bits per heavy atom. The van der Waals surface area contributed by atoms with Crippen molar-refractivity contribution in [2.45, 2.75) is 190 Å². The van der Waals surface area contributed by atoms with Crippen molar-refractivity contribution in [3.05, 3.63) is 287 Å². The molecule has 2 atom stereocenters. The Hall–Kier alpha value is -9.06. The third-order valence-electron chi connectivity index (χ3n) is 21.1. The van der Waals surface area contributed by atoms with E-state index < -0.39 is 0 Å². The number of hydrogen-bond acceptors (Lipinski definition) is 4. The molecule has 4 N–H and O–H groups in total. The van der Waals surface area contributed by atoms with Crippen LogP contribution in [0.2, 0.25) is 0 Å². The third kappa shape index (κ3) is 18.0. The maximum absolute atomic E-state index is 6.80. The molecule has 0 fully saturated rings. The van der Waals surface area contributed by atoms with Crippen molar-refractivity contribution in [1.82, 2.24) is 0 Å². The highest BCUT2D eigenvalue weighted by molar-refractivity contribution is 5.87. The van der Waals surface area contributed by atoms with Gasteiger partial charge in [-0.3, -0.25) is 0 Å². The van der Waals surface area contributed by atoms with Gasteiger partial charge in [-0.05, 0) is 275 Å². The SMILES string of the molecule is CCCCCCc1cc(-c2ccc(N(c3ccc(-c4ccc(CC(C)C)cc4)cc3)c3ccc(-c4ccc(C(C)(N)CCC)cc4)cc3)cc2C)c(CCCCCC)cc1-c1ccc(N(c2ccc(-c3ccc(CC(C)C)cc3)cc2)c2ccc(-c3ccc(C(C)(N)CC)cc3)cc2)cc1C. The zero-order valence-corrected chi connectivity index (χ0v) is 62.9. The minimum atomic E-state index is -0.360. The summed E-state index contributed by atoms with van der Waals surface area (Å²) in [6.07, 6.45) is 16.7. The lowest BCUT2D eigenvalue weighted by Crippen LogP contribution is -2.32. The van der Waals surface area contributed by atoms with E-state index in [1.807, 2.05) is 0 Å². The van der Waals surface area contributed by atoms with Crippen LogP contribution in [0.15, 0.2) is 243 Å². The highest BCUT2D eigenvalue weighted by Gasteiger charge is 2.24. The molecule has 0 spiro atoms. The number of anilines is 6. The van der Waals surface area contributed by atoms with Gasteiger partial charge in [0.25, 0.3) is 0 Å². The zero-order chi connectivity index (χ0) is 71.2. The molecule has 0 bridgehead atoms. The van der Waals surface area contributed by atoms with Crippen molar-refractivity contribution in [2.75, 3.05) is 9.80 Å². The fraction of sp³-hybridized carbons (Fsp3) is 0.320. The standard InChI is InChI=1S/C97H112N4/c1-13-17-19-21-23-82-67-95(93-60-58-91(65-71(93)10)101(87-51-39-79(40-52-87)75-31-27-73(28-32-75)63-69(7)8)89-55-43-81(44-56-89)77-35-47-85(48-36-77)97(12,99)61-15-3)83(24-22-20-18-14-2)66-94(82)92-59-57-90(64-70(92)9)100(86-49-37-78(38-50-86)74-29-25-72(26-30-74)62-68(5)6)88-53-41-80(42-54-88)76-33-45-84(46-34-76)96(11,98)16-4/h25-60,64-69H,13-24,61-63,98-99H2,1-12H3. The predicted octanol–water partition coefficient (Wildman–Crippen LogP) is 27.4. The largest absolute Gasteiger partial charge is 0.322 e. The summed E-state index contributed by atoms with van der Waals surface area (Å²) in [5.41, 5.74) is 44.9. The molecular formula is C97H112N4. The molecule has 11 aromatic rings. The van der Waals surface area contributed by atoms with Crippen molar-refractivity contribution in [2.24, 2.45) is 23.3 Å². The number of aryl methyl sites for hydroxylation is 4. The molecule has 0 amide bonds. The molecule has 4 heteroatoms. The Kier molecular flexibility index (Phi) is 24.3. The average molecular weight is 1330 g/mol. The first-order chi connectivity index (χ1) is 48.8. The van der Waals surface area contributed by atoms with Gasteiger partial charge in [-0.15, -0.1) is 0 Å². The molecule has 0 radical (unpaired) electrons. The molecular weight excluding hydrogens is 1220 g/mol. The first-order valence-corrected chi connectivity index (χ1v) is 38.2. The molecule has 520 valence electrons. The van der Waals surface area contributed by atoms with Gasteiger partial charge in [0, 0.05) is 45.2 Å². The Labute approximate surface area is 608 Å². The van der Waals surface area contributed by atoms with Crippen LogP contribution in [0.5, 0.6) is 0 Å². The lowest BCUT2D eigenvalue weighted by Gasteiger charge is -2.28. The fourth-order valence-corrected chi connectivity index (χ4v) is 14.9. The summed E-state index contributed by atoms with van der Waals surface area (Å²) in [4.78, 5) is 4.87. The number of benzene rings is 11. The Morgan fingerprint density at radius 3 is 0.871 bits per heavy atom. The number of nitrogens with zero attached hydrogens (tertiary/aromatic N) is 2. The Morgan fingerprint density at radius 1 is 0.307 bits per heavy atom. The van der Waals surface area contributed by atoms with E-state index in [2.05, 4.69) is 336 Å².